The molecule has 2 aromatic rings. The van der Waals surface area contributed by atoms with E-state index in [1.54, 1.807) is 7.11 Å². The second-order valence-electron chi connectivity index (χ2n) is 7.81. The Bertz CT molecular complexity index is 829. The minimum atomic E-state index is -0.578. The van der Waals surface area contributed by atoms with Crippen LogP contribution >= 0.6 is 0 Å². The number of benzene rings is 1. The maximum Gasteiger partial charge on any atom is 0.254 e. The Morgan fingerprint density at radius 2 is 2.24 bits per heavy atom. The van der Waals surface area contributed by atoms with Crippen molar-refractivity contribution >= 4 is 16.8 Å². The molecule has 1 aromatic heterocycles. The molecule has 2 atom stereocenters. The smallest absolute Gasteiger partial charge is 0.254 e. The lowest BCUT2D eigenvalue weighted by Gasteiger charge is -2.33. The van der Waals surface area contributed by atoms with E-state index in [0.29, 0.717) is 13.2 Å². The summed E-state index contributed by atoms with van der Waals surface area (Å²) in [6.07, 6.45) is 2.86. The normalized spacial score (nSPS) is 20.7. The second-order valence-corrected chi connectivity index (χ2v) is 7.81. The number of para-hydroxylation sites is 1. The molecule has 1 aliphatic carbocycles. The summed E-state index contributed by atoms with van der Waals surface area (Å²) in [5.41, 5.74) is 8.49. The maximum absolute atomic E-state index is 13.2. The van der Waals surface area contributed by atoms with Gasteiger partial charge in [-0.3, -0.25) is 9.48 Å². The van der Waals surface area contributed by atoms with Gasteiger partial charge in [-0.2, -0.15) is 5.10 Å². The zero-order valence-corrected chi connectivity index (χ0v) is 17.0. The van der Waals surface area contributed by atoms with Gasteiger partial charge in [0, 0.05) is 44.8 Å². The van der Waals surface area contributed by atoms with Crippen LogP contribution in [0.25, 0.3) is 10.9 Å². The van der Waals surface area contributed by atoms with Gasteiger partial charge in [0.25, 0.3) is 5.91 Å². The van der Waals surface area contributed by atoms with E-state index in [4.69, 9.17) is 20.3 Å². The van der Waals surface area contributed by atoms with Crippen molar-refractivity contribution in [2.75, 3.05) is 33.4 Å². The Morgan fingerprint density at radius 3 is 2.97 bits per heavy atom. The number of rotatable bonds is 9. The van der Waals surface area contributed by atoms with Crippen LogP contribution in [0.1, 0.15) is 37.5 Å². The van der Waals surface area contributed by atoms with Crippen LogP contribution in [0.4, 0.5) is 0 Å². The maximum atomic E-state index is 13.2. The molecule has 3 N–H and O–H groups in total. The van der Waals surface area contributed by atoms with Gasteiger partial charge in [-0.15, -0.1) is 0 Å². The average Bonchev–Trinajstić information content (AvgIpc) is 3.52. The summed E-state index contributed by atoms with van der Waals surface area (Å²) < 4.78 is 12.9. The molecule has 8 heteroatoms. The summed E-state index contributed by atoms with van der Waals surface area (Å²) in [6.45, 7) is 3.39. The monoisotopic (exact) mass is 401 g/mol. The molecule has 0 unspecified atom stereocenters. The van der Waals surface area contributed by atoms with Crippen molar-refractivity contribution in [3.8, 4) is 0 Å². The number of methoxy groups -OCH3 is 1. The van der Waals surface area contributed by atoms with Crippen LogP contribution in [0.5, 0.6) is 0 Å². The molecule has 1 amide bonds. The molecule has 4 rings (SSSR count). The number of carbonyl (C=O) groups is 1. The van der Waals surface area contributed by atoms with Gasteiger partial charge in [-0.05, 0) is 31.7 Å². The molecule has 1 saturated carbocycles. The molecule has 29 heavy (non-hydrogen) atoms. The number of fused-ring (bicyclic) bond motifs is 1. The van der Waals surface area contributed by atoms with Crippen LogP contribution in [0.3, 0.4) is 0 Å². The van der Waals surface area contributed by atoms with Crippen molar-refractivity contribution in [1.29, 1.82) is 0 Å². The number of morpholine rings is 1. The number of unbranched alkanes of at least 4 members (excludes halogenated alkanes) is 1. The topological polar surface area (TPSA) is 94.6 Å². The number of hydrogen-bond donors (Lipinski definition) is 2. The fourth-order valence-corrected chi connectivity index (χ4v) is 3.97. The van der Waals surface area contributed by atoms with Gasteiger partial charge < -0.3 is 25.4 Å². The predicted octanol–water partition coefficient (Wildman–Crippen LogP) is 1.40. The summed E-state index contributed by atoms with van der Waals surface area (Å²) in [5, 5.41) is 9.09. The molecule has 2 fully saturated rings. The van der Waals surface area contributed by atoms with Crippen LogP contribution in [-0.4, -0.2) is 66.1 Å². The lowest BCUT2D eigenvalue weighted by Crippen LogP contribution is -2.52. The van der Waals surface area contributed by atoms with E-state index in [2.05, 4.69) is 11.4 Å². The fraction of sp³-hybridized carbons (Fsp3) is 0.619. The SMILES string of the molecule is COCCCCn1nc([C@@H](N)N(C(=O)[C@H]2CNCCO2)C2CC2)c2ccccc21. The summed E-state index contributed by atoms with van der Waals surface area (Å²) in [4.78, 5) is 15.0. The Kier molecular flexibility index (Phi) is 6.44. The third kappa shape index (κ3) is 4.45. The molecular weight excluding hydrogens is 370 g/mol. The zero-order valence-electron chi connectivity index (χ0n) is 17.0. The Balaban J connectivity index is 1.59. The predicted molar refractivity (Wildman–Crippen MR) is 110 cm³/mol. The molecule has 158 valence electrons. The summed E-state index contributed by atoms with van der Waals surface area (Å²) in [7, 11) is 1.72. The van der Waals surface area contributed by atoms with Gasteiger partial charge in [0.2, 0.25) is 0 Å². The highest BCUT2D eigenvalue weighted by molar-refractivity contribution is 5.85. The fourth-order valence-electron chi connectivity index (χ4n) is 3.97. The first-order valence-electron chi connectivity index (χ1n) is 10.5. The number of aromatic nitrogens is 2. The molecule has 0 radical (unpaired) electrons. The number of ether oxygens (including phenoxy) is 2. The van der Waals surface area contributed by atoms with Gasteiger partial charge in [-0.1, -0.05) is 18.2 Å². The van der Waals surface area contributed by atoms with Gasteiger partial charge in [0.05, 0.1) is 12.1 Å². The van der Waals surface area contributed by atoms with Crippen molar-refractivity contribution in [3.63, 3.8) is 0 Å². The van der Waals surface area contributed by atoms with E-state index in [1.807, 2.05) is 27.8 Å². The summed E-state index contributed by atoms with van der Waals surface area (Å²) >= 11 is 0. The average molecular weight is 402 g/mol. The first-order chi connectivity index (χ1) is 14.2. The van der Waals surface area contributed by atoms with E-state index >= 15 is 0 Å². The van der Waals surface area contributed by atoms with E-state index in [9.17, 15) is 4.79 Å². The van der Waals surface area contributed by atoms with Crippen LogP contribution in [0, 0.1) is 0 Å². The zero-order chi connectivity index (χ0) is 20.2. The quantitative estimate of drug-likeness (QED) is 0.487. The Labute approximate surface area is 171 Å². The van der Waals surface area contributed by atoms with Gasteiger partial charge in [-0.25, -0.2) is 0 Å². The summed E-state index contributed by atoms with van der Waals surface area (Å²) in [5.74, 6) is -0.0362. The van der Waals surface area contributed by atoms with Crippen molar-refractivity contribution in [2.24, 2.45) is 5.73 Å². The van der Waals surface area contributed by atoms with Gasteiger partial charge in [0.1, 0.15) is 18.0 Å². The lowest BCUT2D eigenvalue weighted by molar-refractivity contribution is -0.148. The van der Waals surface area contributed by atoms with E-state index < -0.39 is 12.3 Å². The van der Waals surface area contributed by atoms with Crippen molar-refractivity contribution in [1.82, 2.24) is 20.0 Å². The number of aryl methyl sites for hydroxylation is 1. The molecule has 1 saturated heterocycles. The van der Waals surface area contributed by atoms with Crippen molar-refractivity contribution in [2.45, 2.75) is 50.5 Å². The molecule has 2 heterocycles. The van der Waals surface area contributed by atoms with Crippen molar-refractivity contribution in [3.05, 3.63) is 30.0 Å². The minimum Gasteiger partial charge on any atom is -0.385 e. The highest BCUT2D eigenvalue weighted by atomic mass is 16.5. The standard InChI is InChI=1S/C21H31N5O3/c1-28-12-5-4-11-25-17-7-3-2-6-16(17)19(24-25)20(22)26(15-8-9-15)21(27)18-14-23-10-13-29-18/h2-3,6-7,15,18,20,23H,4-5,8-14,22H2,1H3/t18-,20+/m1/s1. The third-order valence-electron chi connectivity index (χ3n) is 5.63. The van der Waals surface area contributed by atoms with Gasteiger partial charge in [0.15, 0.2) is 0 Å². The number of nitrogens with one attached hydrogen (secondary N) is 1. The molecule has 0 spiro atoms. The number of carbonyl (C=O) groups excluding carboxylic acids is 1. The second kappa shape index (κ2) is 9.21. The molecule has 1 aliphatic heterocycles. The highest BCUT2D eigenvalue weighted by Gasteiger charge is 2.41. The van der Waals surface area contributed by atoms with Crippen LogP contribution in [-0.2, 0) is 20.8 Å². The first kappa shape index (κ1) is 20.3. The van der Waals surface area contributed by atoms with E-state index in [-0.39, 0.29) is 11.9 Å². The Hall–Kier alpha value is -2.00. The largest absolute Gasteiger partial charge is 0.385 e. The van der Waals surface area contributed by atoms with Gasteiger partial charge >= 0.3 is 0 Å². The molecule has 2 aliphatic rings. The first-order valence-corrected chi connectivity index (χ1v) is 10.5. The minimum absolute atomic E-state index is 0.0362. The van der Waals surface area contributed by atoms with Crippen LogP contribution in [0.15, 0.2) is 24.3 Å². The number of nitrogens with two attached hydrogens (primary N) is 1. The van der Waals surface area contributed by atoms with Crippen LogP contribution < -0.4 is 11.1 Å². The molecular formula is C21H31N5O3. The van der Waals surface area contributed by atoms with E-state index in [1.165, 1.54) is 0 Å². The Morgan fingerprint density at radius 1 is 1.41 bits per heavy atom. The molecule has 1 aromatic carbocycles. The summed E-state index contributed by atoms with van der Waals surface area (Å²) in [6, 6.07) is 8.28. The molecule has 8 nitrogen and oxygen atoms in total. The van der Waals surface area contributed by atoms with Crippen LogP contribution in [0.2, 0.25) is 0 Å². The molecule has 0 bridgehead atoms. The number of amides is 1. The van der Waals surface area contributed by atoms with Crippen molar-refractivity contribution < 1.29 is 14.3 Å². The van der Waals surface area contributed by atoms with E-state index in [0.717, 1.165) is 62.0 Å². The number of nitrogens with zero attached hydrogens (tertiary/aromatic N) is 3. The number of hydrogen-bond acceptors (Lipinski definition) is 6. The lowest BCUT2D eigenvalue weighted by atomic mass is 10.1. The third-order valence-corrected chi connectivity index (χ3v) is 5.63. The highest BCUT2D eigenvalue weighted by Crippen LogP contribution is 2.35.